The first-order valence-electron chi connectivity index (χ1n) is 7.75. The number of nitrogens with one attached hydrogen (secondary N) is 3. The van der Waals surface area contributed by atoms with Crippen LogP contribution in [0.1, 0.15) is 26.3 Å². The van der Waals surface area contributed by atoms with E-state index in [0.717, 1.165) is 5.56 Å². The van der Waals surface area contributed by atoms with Crippen molar-refractivity contribution >= 4 is 17.8 Å². The Labute approximate surface area is 141 Å². The molecule has 0 unspecified atom stereocenters. The van der Waals surface area contributed by atoms with Crippen LogP contribution in [0.4, 0.5) is 0 Å². The second-order valence-electron chi connectivity index (χ2n) is 6.53. The Balaban J connectivity index is 2.43. The second-order valence-corrected chi connectivity index (χ2v) is 6.53. The van der Waals surface area contributed by atoms with Crippen LogP contribution in [0.2, 0.25) is 0 Å². The Morgan fingerprint density at radius 2 is 1.67 bits per heavy atom. The summed E-state index contributed by atoms with van der Waals surface area (Å²) in [5.74, 6) is -1.98. The first-order chi connectivity index (χ1) is 11.2. The lowest BCUT2D eigenvalue weighted by atomic mass is 10.1. The molecule has 132 valence electrons. The van der Waals surface area contributed by atoms with Crippen LogP contribution in [0.15, 0.2) is 30.3 Å². The molecule has 0 saturated heterocycles. The van der Waals surface area contributed by atoms with E-state index >= 15 is 0 Å². The maximum absolute atomic E-state index is 11.8. The molecular formula is C17H25N3O4. The van der Waals surface area contributed by atoms with E-state index in [9.17, 15) is 19.5 Å². The van der Waals surface area contributed by atoms with E-state index < -0.39 is 17.9 Å². The van der Waals surface area contributed by atoms with Gasteiger partial charge in [-0.1, -0.05) is 30.3 Å². The van der Waals surface area contributed by atoms with Gasteiger partial charge in [-0.05, 0) is 26.3 Å². The largest absolute Gasteiger partial charge is 0.480 e. The number of carbonyl (C=O) groups is 3. The van der Waals surface area contributed by atoms with Gasteiger partial charge >= 0.3 is 5.97 Å². The van der Waals surface area contributed by atoms with Crippen molar-refractivity contribution in [2.75, 3.05) is 13.1 Å². The minimum atomic E-state index is -1.12. The fraction of sp³-hybridized carbons (Fsp3) is 0.471. The number of hydrogen-bond acceptors (Lipinski definition) is 4. The zero-order valence-electron chi connectivity index (χ0n) is 14.3. The Morgan fingerprint density at radius 1 is 1.04 bits per heavy atom. The molecule has 1 aromatic rings. The summed E-state index contributed by atoms with van der Waals surface area (Å²) in [6, 6.07) is 7.99. The van der Waals surface area contributed by atoms with E-state index in [0.29, 0.717) is 0 Å². The third kappa shape index (κ3) is 8.28. The summed E-state index contributed by atoms with van der Waals surface area (Å²) in [5, 5.41) is 17.1. The molecule has 0 aliphatic heterocycles. The highest BCUT2D eigenvalue weighted by atomic mass is 16.4. The monoisotopic (exact) mass is 335 g/mol. The van der Waals surface area contributed by atoms with Crippen molar-refractivity contribution in [1.29, 1.82) is 0 Å². The van der Waals surface area contributed by atoms with Crippen molar-refractivity contribution in [3.05, 3.63) is 35.9 Å². The number of hydrogen-bond donors (Lipinski definition) is 4. The molecule has 0 fully saturated rings. The zero-order chi connectivity index (χ0) is 18.2. The van der Waals surface area contributed by atoms with Gasteiger partial charge in [0.1, 0.15) is 6.04 Å². The van der Waals surface area contributed by atoms with E-state index in [4.69, 9.17) is 0 Å². The summed E-state index contributed by atoms with van der Waals surface area (Å²) < 4.78 is 0. The lowest BCUT2D eigenvalue weighted by Crippen LogP contribution is -2.48. The van der Waals surface area contributed by atoms with E-state index in [-0.39, 0.29) is 31.0 Å². The van der Waals surface area contributed by atoms with Crippen molar-refractivity contribution in [1.82, 2.24) is 16.0 Å². The number of benzene rings is 1. The Morgan fingerprint density at radius 3 is 2.21 bits per heavy atom. The molecular weight excluding hydrogens is 310 g/mol. The predicted octanol–water partition coefficient (Wildman–Crippen LogP) is 0.303. The van der Waals surface area contributed by atoms with Gasteiger partial charge in [-0.15, -0.1) is 0 Å². The number of carboxylic acids is 1. The molecule has 7 heteroatoms. The number of aliphatic carboxylic acids is 1. The van der Waals surface area contributed by atoms with E-state index in [1.54, 1.807) is 24.3 Å². The first kappa shape index (κ1) is 19.6. The van der Waals surface area contributed by atoms with E-state index in [1.165, 1.54) is 0 Å². The molecule has 1 atom stereocenters. The van der Waals surface area contributed by atoms with Crippen LogP contribution in [-0.2, 0) is 20.8 Å². The van der Waals surface area contributed by atoms with Crippen molar-refractivity contribution in [3.8, 4) is 0 Å². The second kappa shape index (κ2) is 9.02. The molecule has 24 heavy (non-hydrogen) atoms. The smallest absolute Gasteiger partial charge is 0.326 e. The molecule has 0 saturated carbocycles. The molecule has 0 heterocycles. The maximum Gasteiger partial charge on any atom is 0.326 e. The molecule has 1 rings (SSSR count). The molecule has 0 aromatic heterocycles. The minimum Gasteiger partial charge on any atom is -0.480 e. The fourth-order valence-corrected chi connectivity index (χ4v) is 1.88. The quantitative estimate of drug-likeness (QED) is 0.547. The Kier molecular flexibility index (Phi) is 7.38. The molecule has 4 N–H and O–H groups in total. The van der Waals surface area contributed by atoms with Gasteiger partial charge in [0.2, 0.25) is 11.8 Å². The van der Waals surface area contributed by atoms with Crippen LogP contribution in [0.5, 0.6) is 0 Å². The van der Waals surface area contributed by atoms with Crippen LogP contribution in [0.3, 0.4) is 0 Å². The van der Waals surface area contributed by atoms with Crippen molar-refractivity contribution in [2.24, 2.45) is 0 Å². The molecule has 2 amide bonds. The molecule has 0 aliphatic carbocycles. The molecule has 0 radical (unpaired) electrons. The van der Waals surface area contributed by atoms with E-state index in [2.05, 4.69) is 16.0 Å². The van der Waals surface area contributed by atoms with Crippen LogP contribution in [0.25, 0.3) is 0 Å². The van der Waals surface area contributed by atoms with Gasteiger partial charge in [-0.25, -0.2) is 4.79 Å². The molecule has 7 nitrogen and oxygen atoms in total. The van der Waals surface area contributed by atoms with Crippen LogP contribution in [-0.4, -0.2) is 47.6 Å². The van der Waals surface area contributed by atoms with Gasteiger partial charge in [0, 0.05) is 12.0 Å². The summed E-state index contributed by atoms with van der Waals surface area (Å²) in [7, 11) is 0. The van der Waals surface area contributed by atoms with Gasteiger partial charge in [0.25, 0.3) is 0 Å². The summed E-state index contributed by atoms with van der Waals surface area (Å²) in [6.07, 6.45) is 0.182. The van der Waals surface area contributed by atoms with Crippen LogP contribution < -0.4 is 16.0 Å². The van der Waals surface area contributed by atoms with Crippen LogP contribution >= 0.6 is 0 Å². The number of carbonyl (C=O) groups excluding carboxylic acids is 2. The highest BCUT2D eigenvalue weighted by Gasteiger charge is 2.20. The van der Waals surface area contributed by atoms with Crippen molar-refractivity contribution in [3.63, 3.8) is 0 Å². The summed E-state index contributed by atoms with van der Waals surface area (Å²) in [4.78, 5) is 34.8. The summed E-state index contributed by atoms with van der Waals surface area (Å²) in [6.45, 7) is 5.60. The Bertz CT molecular complexity index is 567. The Hall–Kier alpha value is -2.41. The highest BCUT2D eigenvalue weighted by Crippen LogP contribution is 2.03. The molecule has 0 spiro atoms. The normalized spacial score (nSPS) is 12.3. The third-order valence-corrected chi connectivity index (χ3v) is 3.14. The predicted molar refractivity (Wildman–Crippen MR) is 90.5 cm³/mol. The average Bonchev–Trinajstić information content (AvgIpc) is 2.50. The van der Waals surface area contributed by atoms with Crippen molar-refractivity contribution in [2.45, 2.75) is 38.8 Å². The minimum absolute atomic E-state index is 0.0865. The lowest BCUT2D eigenvalue weighted by Gasteiger charge is -2.20. The SMILES string of the molecule is CC(C)(C)NCC(=O)NCC(=O)N[C@@H](Cc1ccccc1)C(=O)O. The van der Waals surface area contributed by atoms with Crippen LogP contribution in [0, 0.1) is 0 Å². The first-order valence-corrected chi connectivity index (χ1v) is 7.75. The number of carboxylic acid groups (broad SMARTS) is 1. The fourth-order valence-electron chi connectivity index (χ4n) is 1.88. The van der Waals surface area contributed by atoms with Gasteiger partial charge in [0.05, 0.1) is 13.1 Å². The number of amides is 2. The topological polar surface area (TPSA) is 108 Å². The summed E-state index contributed by atoms with van der Waals surface area (Å²) in [5.41, 5.74) is 0.604. The molecule has 0 aliphatic rings. The third-order valence-electron chi connectivity index (χ3n) is 3.14. The van der Waals surface area contributed by atoms with Gasteiger partial charge in [-0.3, -0.25) is 9.59 Å². The van der Waals surface area contributed by atoms with Crippen molar-refractivity contribution < 1.29 is 19.5 Å². The average molecular weight is 335 g/mol. The standard InChI is InChI=1S/C17H25N3O4/c1-17(2,3)19-11-14(21)18-10-15(22)20-13(16(23)24)9-12-7-5-4-6-8-12/h4-8,13,19H,9-11H2,1-3H3,(H,18,21)(H,20,22)(H,23,24)/t13-/m0/s1. The van der Waals surface area contributed by atoms with Gasteiger partial charge in [0.15, 0.2) is 0 Å². The maximum atomic E-state index is 11.8. The molecule has 1 aromatic carbocycles. The summed E-state index contributed by atoms with van der Waals surface area (Å²) >= 11 is 0. The zero-order valence-corrected chi connectivity index (χ0v) is 14.3. The van der Waals surface area contributed by atoms with Gasteiger partial charge in [-0.2, -0.15) is 0 Å². The number of rotatable bonds is 8. The highest BCUT2D eigenvalue weighted by molar-refractivity contribution is 5.88. The van der Waals surface area contributed by atoms with E-state index in [1.807, 2.05) is 26.8 Å². The lowest BCUT2D eigenvalue weighted by molar-refractivity contribution is -0.141. The molecule has 0 bridgehead atoms. The van der Waals surface area contributed by atoms with Gasteiger partial charge < -0.3 is 21.1 Å².